The maximum atomic E-state index is 6.38. The van der Waals surface area contributed by atoms with Gasteiger partial charge in [-0.3, -0.25) is 0 Å². The van der Waals surface area contributed by atoms with Crippen LogP contribution in [0.5, 0.6) is 0 Å². The van der Waals surface area contributed by atoms with Gasteiger partial charge in [0.2, 0.25) is 0 Å². The van der Waals surface area contributed by atoms with Crippen LogP contribution in [0.15, 0.2) is 22.9 Å². The lowest BCUT2D eigenvalue weighted by Gasteiger charge is -2.20. The Labute approximate surface area is 149 Å². The van der Waals surface area contributed by atoms with E-state index in [4.69, 9.17) is 10.3 Å². The molecule has 0 atom stereocenters. The van der Waals surface area contributed by atoms with Gasteiger partial charge in [-0.05, 0) is 38.3 Å². The zero-order chi connectivity index (χ0) is 16.3. The van der Waals surface area contributed by atoms with Gasteiger partial charge in [-0.2, -0.15) is 4.98 Å². The van der Waals surface area contributed by atoms with Crippen molar-refractivity contribution in [1.29, 1.82) is 0 Å². The van der Waals surface area contributed by atoms with Crippen LogP contribution in [0.3, 0.4) is 0 Å². The molecule has 1 saturated carbocycles. The fourth-order valence-corrected chi connectivity index (χ4v) is 3.18. The summed E-state index contributed by atoms with van der Waals surface area (Å²) < 4.78 is 5.41. The SMILES string of the molecule is CCCN(CC)c1ccc(-c2nc(C3(N)CCCC3)no2)cn1.Cl. The molecular formula is C17H26ClN5O. The number of nitrogens with zero attached hydrogens (tertiary/aromatic N) is 4. The van der Waals surface area contributed by atoms with Crippen LogP contribution in [0.2, 0.25) is 0 Å². The van der Waals surface area contributed by atoms with Gasteiger partial charge in [-0.25, -0.2) is 4.98 Å². The Morgan fingerprint density at radius 1 is 1.25 bits per heavy atom. The molecule has 0 radical (unpaired) electrons. The molecule has 1 aliphatic rings. The smallest absolute Gasteiger partial charge is 0.259 e. The van der Waals surface area contributed by atoms with Crippen LogP contribution in [0.25, 0.3) is 11.5 Å². The maximum absolute atomic E-state index is 6.38. The molecule has 2 aromatic heterocycles. The Morgan fingerprint density at radius 2 is 2.00 bits per heavy atom. The van der Waals surface area contributed by atoms with Crippen LogP contribution in [-0.4, -0.2) is 28.2 Å². The summed E-state index contributed by atoms with van der Waals surface area (Å²) in [6.07, 6.45) is 6.99. The molecule has 1 aliphatic carbocycles. The lowest BCUT2D eigenvalue weighted by atomic mass is 9.99. The van der Waals surface area contributed by atoms with Gasteiger partial charge in [-0.1, -0.05) is 24.9 Å². The van der Waals surface area contributed by atoms with Gasteiger partial charge in [0.05, 0.1) is 11.1 Å². The van der Waals surface area contributed by atoms with Crippen molar-refractivity contribution in [1.82, 2.24) is 15.1 Å². The van der Waals surface area contributed by atoms with Gasteiger partial charge in [0.25, 0.3) is 5.89 Å². The van der Waals surface area contributed by atoms with E-state index in [9.17, 15) is 0 Å². The van der Waals surface area contributed by atoms with E-state index >= 15 is 0 Å². The number of nitrogens with two attached hydrogens (primary N) is 1. The molecule has 0 unspecified atom stereocenters. The van der Waals surface area contributed by atoms with E-state index < -0.39 is 5.54 Å². The molecule has 2 heterocycles. The van der Waals surface area contributed by atoms with E-state index in [1.54, 1.807) is 6.20 Å². The predicted octanol–water partition coefficient (Wildman–Crippen LogP) is 3.52. The Morgan fingerprint density at radius 3 is 2.58 bits per heavy atom. The van der Waals surface area contributed by atoms with Crippen molar-refractivity contribution in [3.63, 3.8) is 0 Å². The van der Waals surface area contributed by atoms with Crippen LogP contribution in [0, 0.1) is 0 Å². The molecule has 132 valence electrons. The van der Waals surface area contributed by atoms with Gasteiger partial charge in [0, 0.05) is 19.3 Å². The molecule has 0 saturated heterocycles. The third-order valence-electron chi connectivity index (χ3n) is 4.56. The number of hydrogen-bond acceptors (Lipinski definition) is 6. The van der Waals surface area contributed by atoms with E-state index in [0.29, 0.717) is 11.7 Å². The number of rotatable bonds is 6. The van der Waals surface area contributed by atoms with Gasteiger partial charge in [0.1, 0.15) is 5.82 Å². The summed E-state index contributed by atoms with van der Waals surface area (Å²) in [5, 5.41) is 4.10. The Hall–Kier alpha value is -1.66. The minimum absolute atomic E-state index is 0. The van der Waals surface area contributed by atoms with Crippen molar-refractivity contribution >= 4 is 18.2 Å². The van der Waals surface area contributed by atoms with Gasteiger partial charge >= 0.3 is 0 Å². The lowest BCUT2D eigenvalue weighted by Crippen LogP contribution is -2.34. The first-order chi connectivity index (χ1) is 11.2. The topological polar surface area (TPSA) is 81.1 Å². The highest BCUT2D eigenvalue weighted by Crippen LogP contribution is 2.35. The van der Waals surface area contributed by atoms with Crippen molar-refractivity contribution < 1.29 is 4.52 Å². The second-order valence-electron chi connectivity index (χ2n) is 6.27. The fourth-order valence-electron chi connectivity index (χ4n) is 3.18. The first-order valence-electron chi connectivity index (χ1n) is 8.50. The molecule has 0 aromatic carbocycles. The van der Waals surface area contributed by atoms with Gasteiger partial charge < -0.3 is 15.2 Å². The fraction of sp³-hybridized carbons (Fsp3) is 0.588. The number of pyridine rings is 1. The van der Waals surface area contributed by atoms with E-state index in [0.717, 1.165) is 56.6 Å². The first-order valence-corrected chi connectivity index (χ1v) is 8.50. The molecule has 1 fully saturated rings. The summed E-state index contributed by atoms with van der Waals surface area (Å²) in [6, 6.07) is 3.99. The zero-order valence-corrected chi connectivity index (χ0v) is 15.2. The third kappa shape index (κ3) is 3.70. The van der Waals surface area contributed by atoms with Crippen molar-refractivity contribution in [3.8, 4) is 11.5 Å². The van der Waals surface area contributed by atoms with E-state index in [2.05, 4.69) is 33.9 Å². The summed E-state index contributed by atoms with van der Waals surface area (Å²) in [4.78, 5) is 11.3. The molecule has 7 heteroatoms. The lowest BCUT2D eigenvalue weighted by molar-refractivity contribution is 0.372. The van der Waals surface area contributed by atoms with Gasteiger partial charge in [-0.15, -0.1) is 12.4 Å². The highest BCUT2D eigenvalue weighted by atomic mass is 35.5. The van der Waals surface area contributed by atoms with Crippen LogP contribution >= 0.6 is 12.4 Å². The molecule has 0 amide bonds. The molecule has 0 aliphatic heterocycles. The van der Waals surface area contributed by atoms with Crippen LogP contribution < -0.4 is 10.6 Å². The normalized spacial score (nSPS) is 16.0. The average Bonchev–Trinajstić information content (AvgIpc) is 3.23. The van der Waals surface area contributed by atoms with Crippen molar-refractivity contribution in [2.24, 2.45) is 5.73 Å². The zero-order valence-electron chi connectivity index (χ0n) is 14.4. The van der Waals surface area contributed by atoms with Crippen molar-refractivity contribution in [2.75, 3.05) is 18.0 Å². The molecular weight excluding hydrogens is 326 g/mol. The average molecular weight is 352 g/mol. The minimum Gasteiger partial charge on any atom is -0.357 e. The van der Waals surface area contributed by atoms with E-state index in [-0.39, 0.29) is 12.4 Å². The molecule has 0 bridgehead atoms. The molecule has 6 nitrogen and oxygen atoms in total. The van der Waals surface area contributed by atoms with Crippen LogP contribution in [0.4, 0.5) is 5.82 Å². The Kier molecular flexibility index (Phi) is 6.18. The Balaban J connectivity index is 0.00000208. The molecule has 0 spiro atoms. The maximum Gasteiger partial charge on any atom is 0.259 e. The van der Waals surface area contributed by atoms with E-state index in [1.165, 1.54) is 0 Å². The van der Waals surface area contributed by atoms with Crippen molar-refractivity contribution in [3.05, 3.63) is 24.2 Å². The van der Waals surface area contributed by atoms with E-state index in [1.807, 2.05) is 12.1 Å². The van der Waals surface area contributed by atoms with Crippen LogP contribution in [-0.2, 0) is 5.54 Å². The second-order valence-corrected chi connectivity index (χ2v) is 6.27. The van der Waals surface area contributed by atoms with Crippen LogP contribution in [0.1, 0.15) is 51.8 Å². The second kappa shape index (κ2) is 7.94. The molecule has 2 N–H and O–H groups in total. The summed E-state index contributed by atoms with van der Waals surface area (Å²) in [5.41, 5.74) is 6.79. The standard InChI is InChI=1S/C17H25N5O.ClH/c1-3-11-22(4-2)14-8-7-13(12-19-14)15-20-16(21-23-15)17(18)9-5-6-10-17;/h7-8,12H,3-6,9-11,18H2,1-2H3;1H. The third-order valence-corrected chi connectivity index (χ3v) is 4.56. The number of halogens is 1. The van der Waals surface area contributed by atoms with Crippen molar-refractivity contribution in [2.45, 2.75) is 51.5 Å². The summed E-state index contributed by atoms with van der Waals surface area (Å²) in [5.74, 6) is 2.09. The highest BCUT2D eigenvalue weighted by Gasteiger charge is 2.36. The van der Waals surface area contributed by atoms with Gasteiger partial charge in [0.15, 0.2) is 5.82 Å². The predicted molar refractivity (Wildman–Crippen MR) is 97.3 cm³/mol. The minimum atomic E-state index is -0.421. The number of anilines is 1. The highest BCUT2D eigenvalue weighted by molar-refractivity contribution is 5.85. The Bertz CT molecular complexity index is 637. The quantitative estimate of drug-likeness (QED) is 0.857. The summed E-state index contributed by atoms with van der Waals surface area (Å²) >= 11 is 0. The number of hydrogen-bond donors (Lipinski definition) is 1. The monoisotopic (exact) mass is 351 g/mol. The molecule has 24 heavy (non-hydrogen) atoms. The largest absolute Gasteiger partial charge is 0.357 e. The first kappa shape index (κ1) is 18.7. The molecule has 2 aromatic rings. The number of aromatic nitrogens is 3. The molecule has 3 rings (SSSR count). The summed E-state index contributed by atoms with van der Waals surface area (Å²) in [6.45, 7) is 6.25. The summed E-state index contributed by atoms with van der Waals surface area (Å²) in [7, 11) is 0.